The SMILES string of the molecule is CCC1CCC(CN=O)CC1. The lowest BCUT2D eigenvalue weighted by molar-refractivity contribution is 0.274. The van der Waals surface area contributed by atoms with Gasteiger partial charge in [0, 0.05) is 0 Å². The summed E-state index contributed by atoms with van der Waals surface area (Å²) in [6, 6.07) is 0. The Hall–Kier alpha value is -0.400. The molecule has 0 spiro atoms. The summed E-state index contributed by atoms with van der Waals surface area (Å²) in [4.78, 5) is 9.97. The Bertz CT molecular complexity index is 117. The first kappa shape index (κ1) is 8.69. The van der Waals surface area contributed by atoms with Crippen LogP contribution < -0.4 is 0 Å². The Morgan fingerprint density at radius 1 is 1.18 bits per heavy atom. The lowest BCUT2D eigenvalue weighted by Crippen LogP contribution is -2.15. The third kappa shape index (κ3) is 2.60. The van der Waals surface area contributed by atoms with Crippen LogP contribution in [0.4, 0.5) is 0 Å². The Labute approximate surface area is 68.3 Å². The molecule has 1 aliphatic carbocycles. The summed E-state index contributed by atoms with van der Waals surface area (Å²) in [5, 5.41) is 2.96. The van der Waals surface area contributed by atoms with Crippen molar-refractivity contribution >= 4 is 0 Å². The number of hydrogen-bond donors (Lipinski definition) is 0. The van der Waals surface area contributed by atoms with Crippen LogP contribution in [0.25, 0.3) is 0 Å². The quantitative estimate of drug-likeness (QED) is 0.576. The maximum absolute atomic E-state index is 9.97. The van der Waals surface area contributed by atoms with E-state index in [0.717, 1.165) is 5.92 Å². The van der Waals surface area contributed by atoms with Gasteiger partial charge in [0.1, 0.15) is 0 Å². The van der Waals surface area contributed by atoms with Crippen molar-refractivity contribution in [2.45, 2.75) is 39.0 Å². The van der Waals surface area contributed by atoms with E-state index in [9.17, 15) is 4.91 Å². The molecule has 0 aromatic rings. The van der Waals surface area contributed by atoms with E-state index in [1.807, 2.05) is 0 Å². The van der Waals surface area contributed by atoms with Gasteiger partial charge < -0.3 is 0 Å². The molecule has 1 fully saturated rings. The molecule has 64 valence electrons. The van der Waals surface area contributed by atoms with Gasteiger partial charge in [0.2, 0.25) is 0 Å². The smallest absolute Gasteiger partial charge is 0.0839 e. The molecule has 0 aromatic heterocycles. The molecule has 0 bridgehead atoms. The molecule has 0 heterocycles. The summed E-state index contributed by atoms with van der Waals surface area (Å²) < 4.78 is 0. The molecule has 0 unspecified atom stereocenters. The number of nitrogens with zero attached hydrogens (tertiary/aromatic N) is 1. The molecule has 0 radical (unpaired) electrons. The van der Waals surface area contributed by atoms with Crippen molar-refractivity contribution in [1.82, 2.24) is 0 Å². The summed E-state index contributed by atoms with van der Waals surface area (Å²) >= 11 is 0. The molecule has 2 nitrogen and oxygen atoms in total. The average molecular weight is 155 g/mol. The minimum atomic E-state index is 0.552. The standard InChI is InChI=1S/C9H17NO/c1-2-8-3-5-9(6-4-8)7-10-11/h8-9H,2-7H2,1H3. The van der Waals surface area contributed by atoms with E-state index in [1.54, 1.807) is 0 Å². The predicted molar refractivity (Wildman–Crippen MR) is 46.4 cm³/mol. The average Bonchev–Trinajstić information content (AvgIpc) is 2.07. The van der Waals surface area contributed by atoms with E-state index in [-0.39, 0.29) is 0 Å². The Balaban J connectivity index is 2.18. The van der Waals surface area contributed by atoms with Gasteiger partial charge >= 0.3 is 0 Å². The van der Waals surface area contributed by atoms with E-state index in [0.29, 0.717) is 12.5 Å². The Morgan fingerprint density at radius 3 is 2.18 bits per heavy atom. The summed E-state index contributed by atoms with van der Waals surface area (Å²) in [5.74, 6) is 1.54. The highest BCUT2D eigenvalue weighted by Crippen LogP contribution is 2.30. The third-order valence-corrected chi connectivity index (χ3v) is 2.88. The van der Waals surface area contributed by atoms with Crippen LogP contribution in [0.5, 0.6) is 0 Å². The fourth-order valence-electron chi connectivity index (χ4n) is 1.93. The van der Waals surface area contributed by atoms with Crippen LogP contribution in [0.3, 0.4) is 0 Å². The topological polar surface area (TPSA) is 29.4 Å². The number of hydrogen-bond acceptors (Lipinski definition) is 2. The highest BCUT2D eigenvalue weighted by Gasteiger charge is 2.19. The molecule has 0 aliphatic heterocycles. The lowest BCUT2D eigenvalue weighted by Gasteiger charge is -2.25. The first-order valence-electron chi connectivity index (χ1n) is 4.66. The van der Waals surface area contributed by atoms with Gasteiger partial charge in [-0.25, -0.2) is 0 Å². The molecule has 1 rings (SSSR count). The Kier molecular flexibility index (Phi) is 3.53. The van der Waals surface area contributed by atoms with Crippen molar-refractivity contribution < 1.29 is 0 Å². The van der Waals surface area contributed by atoms with Crippen molar-refractivity contribution in [3.05, 3.63) is 4.91 Å². The van der Waals surface area contributed by atoms with E-state index >= 15 is 0 Å². The molecule has 1 aliphatic rings. The van der Waals surface area contributed by atoms with Crippen LogP contribution in [-0.4, -0.2) is 6.54 Å². The third-order valence-electron chi connectivity index (χ3n) is 2.88. The molecule has 0 N–H and O–H groups in total. The first-order valence-corrected chi connectivity index (χ1v) is 4.66. The summed E-state index contributed by atoms with van der Waals surface area (Å²) in [6.07, 6.45) is 6.39. The van der Waals surface area contributed by atoms with Gasteiger partial charge in [-0.3, -0.25) is 0 Å². The second-order valence-corrected chi connectivity index (χ2v) is 3.61. The minimum Gasteiger partial charge on any atom is -0.151 e. The molecule has 1 saturated carbocycles. The van der Waals surface area contributed by atoms with Crippen molar-refractivity contribution in [3.63, 3.8) is 0 Å². The van der Waals surface area contributed by atoms with Gasteiger partial charge in [0.25, 0.3) is 0 Å². The van der Waals surface area contributed by atoms with Gasteiger partial charge in [0.05, 0.1) is 6.54 Å². The second kappa shape index (κ2) is 4.47. The van der Waals surface area contributed by atoms with Crippen molar-refractivity contribution in [2.24, 2.45) is 17.0 Å². The maximum Gasteiger partial charge on any atom is 0.0839 e. The van der Waals surface area contributed by atoms with Crippen molar-refractivity contribution in [1.29, 1.82) is 0 Å². The zero-order valence-corrected chi connectivity index (χ0v) is 7.25. The second-order valence-electron chi connectivity index (χ2n) is 3.61. The van der Waals surface area contributed by atoms with Crippen LogP contribution in [-0.2, 0) is 0 Å². The lowest BCUT2D eigenvalue weighted by atomic mass is 9.81. The van der Waals surface area contributed by atoms with Gasteiger partial charge in [-0.15, -0.1) is 0 Å². The Morgan fingerprint density at radius 2 is 1.73 bits per heavy atom. The number of nitroso groups, excluding NO2 is 1. The monoisotopic (exact) mass is 155 g/mol. The highest BCUT2D eigenvalue weighted by molar-refractivity contribution is 4.72. The molecule has 0 aromatic carbocycles. The zero-order valence-electron chi connectivity index (χ0n) is 7.25. The fourth-order valence-corrected chi connectivity index (χ4v) is 1.93. The van der Waals surface area contributed by atoms with Gasteiger partial charge in [-0.05, 0) is 24.7 Å². The van der Waals surface area contributed by atoms with Gasteiger partial charge in [-0.1, -0.05) is 31.4 Å². The van der Waals surface area contributed by atoms with E-state index in [4.69, 9.17) is 0 Å². The van der Waals surface area contributed by atoms with Crippen LogP contribution in [0.2, 0.25) is 0 Å². The maximum atomic E-state index is 9.97. The molecular weight excluding hydrogens is 138 g/mol. The van der Waals surface area contributed by atoms with Gasteiger partial charge in [0.15, 0.2) is 0 Å². The van der Waals surface area contributed by atoms with E-state index < -0.39 is 0 Å². The fraction of sp³-hybridized carbons (Fsp3) is 1.00. The van der Waals surface area contributed by atoms with Crippen molar-refractivity contribution in [3.8, 4) is 0 Å². The van der Waals surface area contributed by atoms with Crippen LogP contribution in [0.1, 0.15) is 39.0 Å². The van der Waals surface area contributed by atoms with Crippen molar-refractivity contribution in [2.75, 3.05) is 6.54 Å². The largest absolute Gasteiger partial charge is 0.151 e. The number of rotatable bonds is 3. The normalized spacial score (nSPS) is 31.7. The highest BCUT2D eigenvalue weighted by atomic mass is 16.3. The van der Waals surface area contributed by atoms with Crippen LogP contribution in [0.15, 0.2) is 5.18 Å². The molecular formula is C9H17NO. The van der Waals surface area contributed by atoms with Crippen LogP contribution in [0, 0.1) is 16.7 Å². The zero-order chi connectivity index (χ0) is 8.10. The molecule has 0 amide bonds. The molecule has 2 heteroatoms. The molecule has 0 atom stereocenters. The molecule has 11 heavy (non-hydrogen) atoms. The molecule has 0 saturated heterocycles. The van der Waals surface area contributed by atoms with E-state index in [1.165, 1.54) is 32.1 Å². The van der Waals surface area contributed by atoms with Gasteiger partial charge in [-0.2, -0.15) is 4.91 Å². The first-order chi connectivity index (χ1) is 5.36. The van der Waals surface area contributed by atoms with Crippen LogP contribution >= 0.6 is 0 Å². The van der Waals surface area contributed by atoms with E-state index in [2.05, 4.69) is 12.1 Å². The summed E-state index contributed by atoms with van der Waals surface area (Å²) in [5.41, 5.74) is 0. The summed E-state index contributed by atoms with van der Waals surface area (Å²) in [7, 11) is 0. The predicted octanol–water partition coefficient (Wildman–Crippen LogP) is 2.97. The minimum absolute atomic E-state index is 0.552. The summed E-state index contributed by atoms with van der Waals surface area (Å²) in [6.45, 7) is 2.80.